The Morgan fingerprint density at radius 1 is 1.38 bits per heavy atom. The van der Waals surface area contributed by atoms with E-state index in [-0.39, 0.29) is 29.9 Å². The summed E-state index contributed by atoms with van der Waals surface area (Å²) >= 11 is 9.59. The molecule has 9 heteroatoms. The maximum absolute atomic E-state index is 12.6. The van der Waals surface area contributed by atoms with Crippen molar-refractivity contribution in [2.75, 3.05) is 6.54 Å². The number of amides is 1. The van der Waals surface area contributed by atoms with Gasteiger partial charge in [0, 0.05) is 17.4 Å². The lowest BCUT2D eigenvalue weighted by Crippen LogP contribution is -2.29. The Bertz CT molecular complexity index is 1010. The van der Waals surface area contributed by atoms with Gasteiger partial charge in [-0.3, -0.25) is 19.3 Å². The Balaban J connectivity index is 1.88. The number of thiocarbonyl (C=S) groups is 1. The topological polar surface area (TPSA) is 87.8 Å². The zero-order valence-electron chi connectivity index (χ0n) is 13.2. The van der Waals surface area contributed by atoms with Crippen molar-refractivity contribution < 1.29 is 19.1 Å². The zero-order chi connectivity index (χ0) is 18.8. The fourth-order valence-electron chi connectivity index (χ4n) is 2.44. The van der Waals surface area contributed by atoms with Gasteiger partial charge in [-0.05, 0) is 30.7 Å². The monoisotopic (exact) mass is 453 g/mol. The number of hydrogen-bond donors (Lipinski definition) is 1. The van der Waals surface area contributed by atoms with Crippen molar-refractivity contribution in [3.05, 3.63) is 49.6 Å². The molecule has 26 heavy (non-hydrogen) atoms. The van der Waals surface area contributed by atoms with E-state index in [0.29, 0.717) is 26.6 Å². The first-order valence-corrected chi connectivity index (χ1v) is 9.57. The molecule has 0 unspecified atom stereocenters. The van der Waals surface area contributed by atoms with Gasteiger partial charge in [0.1, 0.15) is 16.2 Å². The summed E-state index contributed by atoms with van der Waals surface area (Å²) in [6, 6.07) is 5.12. The van der Waals surface area contributed by atoms with Crippen LogP contribution >= 0.6 is 39.9 Å². The molecule has 2 aromatic rings. The summed E-state index contributed by atoms with van der Waals surface area (Å²) in [6.45, 7) is 0.230. The van der Waals surface area contributed by atoms with E-state index in [9.17, 15) is 14.4 Å². The van der Waals surface area contributed by atoms with Crippen LogP contribution in [0.3, 0.4) is 0 Å². The van der Waals surface area contributed by atoms with Crippen molar-refractivity contribution in [1.82, 2.24) is 4.90 Å². The molecule has 1 saturated heterocycles. The number of benzene rings is 1. The molecule has 3 rings (SSSR count). The van der Waals surface area contributed by atoms with Crippen LogP contribution < -0.4 is 5.43 Å². The summed E-state index contributed by atoms with van der Waals surface area (Å²) in [7, 11) is 0. The Labute approximate surface area is 166 Å². The molecule has 0 radical (unpaired) electrons. The second-order valence-electron chi connectivity index (χ2n) is 5.49. The molecule has 1 aliphatic heterocycles. The van der Waals surface area contributed by atoms with Crippen molar-refractivity contribution in [3.8, 4) is 0 Å². The Hall–Kier alpha value is -1.97. The fourth-order valence-corrected chi connectivity index (χ4v) is 4.10. The number of fused-ring (bicyclic) bond motifs is 1. The van der Waals surface area contributed by atoms with Crippen LogP contribution in [0.5, 0.6) is 0 Å². The van der Waals surface area contributed by atoms with E-state index in [4.69, 9.17) is 21.7 Å². The van der Waals surface area contributed by atoms with Crippen LogP contribution in [0.2, 0.25) is 0 Å². The van der Waals surface area contributed by atoms with Gasteiger partial charge in [0.05, 0.1) is 15.9 Å². The molecule has 1 aromatic heterocycles. The quantitative estimate of drug-likeness (QED) is 0.546. The molecular formula is C17H12BrNO5S2. The minimum absolute atomic E-state index is 0.0424. The average Bonchev–Trinajstić information content (AvgIpc) is 2.85. The van der Waals surface area contributed by atoms with Crippen LogP contribution in [0.4, 0.5) is 0 Å². The number of thioether (sulfide) groups is 1. The summed E-state index contributed by atoms with van der Waals surface area (Å²) in [5, 5.41) is 9.11. The first-order valence-electron chi connectivity index (χ1n) is 7.55. The van der Waals surface area contributed by atoms with Crippen molar-refractivity contribution >= 4 is 73.2 Å². The largest absolute Gasteiger partial charge is 0.481 e. The molecular weight excluding hydrogens is 442 g/mol. The standard InChI is InChI=1S/C17H12BrNO5S2/c18-10-3-4-12-11(7-10)15(22)9(8-24-12)6-13-16(23)19(17(25)26-13)5-1-2-14(20)21/h3-4,6-8H,1-2,5H2,(H,20,21)/b13-6-. The summed E-state index contributed by atoms with van der Waals surface area (Å²) in [4.78, 5) is 37.4. The molecule has 1 N–H and O–H groups in total. The lowest BCUT2D eigenvalue weighted by Gasteiger charge is -2.13. The van der Waals surface area contributed by atoms with Crippen LogP contribution in [0, 0.1) is 0 Å². The third-order valence-electron chi connectivity index (χ3n) is 3.69. The molecule has 134 valence electrons. The van der Waals surface area contributed by atoms with Crippen LogP contribution in [-0.2, 0) is 9.59 Å². The van der Waals surface area contributed by atoms with Crippen molar-refractivity contribution in [2.45, 2.75) is 12.8 Å². The maximum atomic E-state index is 12.6. The Morgan fingerprint density at radius 3 is 2.88 bits per heavy atom. The number of nitrogens with zero attached hydrogens (tertiary/aromatic N) is 1. The van der Waals surface area contributed by atoms with E-state index in [1.807, 2.05) is 0 Å². The number of halogens is 1. The van der Waals surface area contributed by atoms with Crippen LogP contribution in [-0.4, -0.2) is 32.7 Å². The van der Waals surface area contributed by atoms with Gasteiger partial charge in [-0.15, -0.1) is 0 Å². The van der Waals surface area contributed by atoms with E-state index in [1.54, 1.807) is 18.2 Å². The summed E-state index contributed by atoms with van der Waals surface area (Å²) < 4.78 is 6.57. The van der Waals surface area contributed by atoms with Gasteiger partial charge in [-0.25, -0.2) is 0 Å². The third-order valence-corrected chi connectivity index (χ3v) is 5.56. The lowest BCUT2D eigenvalue weighted by molar-refractivity contribution is -0.137. The first kappa shape index (κ1) is 18.8. The number of aliphatic carboxylic acids is 1. The number of rotatable bonds is 5. The average molecular weight is 454 g/mol. The summed E-state index contributed by atoms with van der Waals surface area (Å²) in [5.74, 6) is -1.26. The van der Waals surface area contributed by atoms with Crippen LogP contribution in [0.25, 0.3) is 17.0 Å². The Kier molecular flexibility index (Phi) is 5.59. The van der Waals surface area contributed by atoms with Gasteiger partial charge in [0.15, 0.2) is 5.43 Å². The van der Waals surface area contributed by atoms with Crippen LogP contribution in [0.15, 0.2) is 43.1 Å². The highest BCUT2D eigenvalue weighted by Gasteiger charge is 2.31. The minimum Gasteiger partial charge on any atom is -0.481 e. The minimum atomic E-state index is -0.925. The number of hydrogen-bond acceptors (Lipinski definition) is 6. The van der Waals surface area contributed by atoms with Gasteiger partial charge in [0.25, 0.3) is 5.91 Å². The molecule has 0 bridgehead atoms. The predicted molar refractivity (Wildman–Crippen MR) is 107 cm³/mol. The number of carbonyl (C=O) groups is 2. The second-order valence-corrected chi connectivity index (χ2v) is 8.08. The van der Waals surface area contributed by atoms with E-state index in [1.165, 1.54) is 17.2 Å². The molecule has 0 saturated carbocycles. The van der Waals surface area contributed by atoms with Crippen molar-refractivity contribution in [3.63, 3.8) is 0 Å². The lowest BCUT2D eigenvalue weighted by atomic mass is 10.1. The summed E-state index contributed by atoms with van der Waals surface area (Å²) in [6.07, 6.45) is 3.04. The molecule has 0 atom stereocenters. The fraction of sp³-hybridized carbons (Fsp3) is 0.176. The summed E-state index contributed by atoms with van der Waals surface area (Å²) in [5.41, 5.74) is 0.460. The molecule has 0 aliphatic carbocycles. The highest BCUT2D eigenvalue weighted by molar-refractivity contribution is 9.10. The van der Waals surface area contributed by atoms with E-state index < -0.39 is 5.97 Å². The number of carboxylic acids is 1. The highest BCUT2D eigenvalue weighted by Crippen LogP contribution is 2.32. The molecule has 1 aliphatic rings. The molecule has 1 amide bonds. The molecule has 0 spiro atoms. The molecule has 1 aromatic carbocycles. The first-order chi connectivity index (χ1) is 12.4. The van der Waals surface area contributed by atoms with Gasteiger partial charge in [-0.1, -0.05) is 39.9 Å². The van der Waals surface area contributed by atoms with Gasteiger partial charge < -0.3 is 9.52 Å². The third kappa shape index (κ3) is 3.89. The van der Waals surface area contributed by atoms with Gasteiger partial charge in [0.2, 0.25) is 0 Å². The zero-order valence-corrected chi connectivity index (χ0v) is 16.4. The molecule has 1 fully saturated rings. The normalized spacial score (nSPS) is 16.0. The van der Waals surface area contributed by atoms with Crippen LogP contribution in [0.1, 0.15) is 18.4 Å². The number of carboxylic acid groups (broad SMARTS) is 1. The SMILES string of the molecule is O=C(O)CCCN1C(=O)/C(=C/c2coc3ccc(Br)cc3c2=O)SC1=S. The molecule has 2 heterocycles. The van der Waals surface area contributed by atoms with Crippen molar-refractivity contribution in [1.29, 1.82) is 0 Å². The van der Waals surface area contributed by atoms with Crippen molar-refractivity contribution in [2.24, 2.45) is 0 Å². The van der Waals surface area contributed by atoms with Gasteiger partial charge >= 0.3 is 5.97 Å². The Morgan fingerprint density at radius 2 is 2.15 bits per heavy atom. The predicted octanol–water partition coefficient (Wildman–Crippen LogP) is 3.62. The van der Waals surface area contributed by atoms with E-state index in [0.717, 1.165) is 16.2 Å². The molecule has 6 nitrogen and oxygen atoms in total. The second kappa shape index (κ2) is 7.73. The van der Waals surface area contributed by atoms with Gasteiger partial charge in [-0.2, -0.15) is 0 Å². The van der Waals surface area contributed by atoms with E-state index >= 15 is 0 Å². The highest BCUT2D eigenvalue weighted by atomic mass is 79.9. The smallest absolute Gasteiger partial charge is 0.303 e. The maximum Gasteiger partial charge on any atom is 0.303 e. The number of carbonyl (C=O) groups excluding carboxylic acids is 1. The van der Waals surface area contributed by atoms with E-state index in [2.05, 4.69) is 15.9 Å².